The van der Waals surface area contributed by atoms with Gasteiger partial charge in [-0.1, -0.05) is 6.07 Å². The first-order chi connectivity index (χ1) is 8.22. The largest absolute Gasteiger partial charge is 0.396 e. The van der Waals surface area contributed by atoms with Crippen LogP contribution < -0.4 is 0 Å². The molecule has 4 heteroatoms. The second-order valence-electron chi connectivity index (χ2n) is 3.61. The van der Waals surface area contributed by atoms with E-state index in [1.807, 2.05) is 0 Å². The van der Waals surface area contributed by atoms with Crippen molar-refractivity contribution in [1.29, 1.82) is 0 Å². The second-order valence-corrected chi connectivity index (χ2v) is 3.61. The maximum absolute atomic E-state index is 13.1. The van der Waals surface area contributed by atoms with Crippen molar-refractivity contribution in [2.45, 2.75) is 6.42 Å². The Labute approximate surface area is 97.6 Å². The van der Waals surface area contributed by atoms with Gasteiger partial charge in [-0.05, 0) is 36.2 Å². The summed E-state index contributed by atoms with van der Waals surface area (Å²) in [6.45, 7) is -0.0115. The molecule has 2 nitrogen and oxygen atoms in total. The quantitative estimate of drug-likeness (QED) is 0.886. The van der Waals surface area contributed by atoms with Crippen molar-refractivity contribution in [3.63, 3.8) is 0 Å². The fourth-order valence-electron chi connectivity index (χ4n) is 1.66. The third kappa shape index (κ3) is 2.47. The lowest BCUT2D eigenvalue weighted by Gasteiger charge is -2.07. The first-order valence-corrected chi connectivity index (χ1v) is 5.22. The molecule has 0 aliphatic carbocycles. The van der Waals surface area contributed by atoms with E-state index >= 15 is 0 Å². The summed E-state index contributed by atoms with van der Waals surface area (Å²) >= 11 is 0. The second kappa shape index (κ2) is 5.01. The number of rotatable bonds is 3. The predicted molar refractivity (Wildman–Crippen MR) is 60.4 cm³/mol. The molecule has 0 radical (unpaired) electrons. The van der Waals surface area contributed by atoms with Crippen molar-refractivity contribution in [3.8, 4) is 11.3 Å². The normalized spacial score (nSPS) is 10.5. The number of benzene rings is 1. The molecule has 0 unspecified atom stereocenters. The Bertz CT molecular complexity index is 529. The number of nitrogens with zero attached hydrogens (tertiary/aromatic N) is 1. The smallest absolute Gasteiger partial charge is 0.159 e. The van der Waals surface area contributed by atoms with Crippen molar-refractivity contribution in [2.75, 3.05) is 6.61 Å². The summed E-state index contributed by atoms with van der Waals surface area (Å²) in [5.74, 6) is -1.78. The average Bonchev–Trinajstić information content (AvgIpc) is 2.34. The molecule has 2 rings (SSSR count). The average molecular weight is 235 g/mol. The highest BCUT2D eigenvalue weighted by atomic mass is 19.2. The van der Waals surface area contributed by atoms with Crippen LogP contribution in [-0.2, 0) is 6.42 Å². The number of hydrogen-bond acceptors (Lipinski definition) is 2. The topological polar surface area (TPSA) is 33.1 Å². The van der Waals surface area contributed by atoms with Crippen LogP contribution in [0, 0.1) is 11.6 Å². The van der Waals surface area contributed by atoms with E-state index in [-0.39, 0.29) is 6.61 Å². The molecule has 1 N–H and O–H groups in total. The van der Waals surface area contributed by atoms with Gasteiger partial charge in [0.25, 0.3) is 0 Å². The molecular formula is C13H11F2NO. The van der Waals surface area contributed by atoms with E-state index < -0.39 is 11.6 Å². The third-order valence-electron chi connectivity index (χ3n) is 2.47. The summed E-state index contributed by atoms with van der Waals surface area (Å²) in [5, 5.41) is 8.93. The summed E-state index contributed by atoms with van der Waals surface area (Å²) in [7, 11) is 0. The Hall–Kier alpha value is -1.81. The van der Waals surface area contributed by atoms with Crippen LogP contribution >= 0.6 is 0 Å². The van der Waals surface area contributed by atoms with Gasteiger partial charge in [-0.15, -0.1) is 0 Å². The summed E-state index contributed by atoms with van der Waals surface area (Å²) in [6.07, 6.45) is 2.01. The molecule has 2 aromatic rings. The van der Waals surface area contributed by atoms with Gasteiger partial charge in [0.15, 0.2) is 11.6 Å². The van der Waals surface area contributed by atoms with Crippen LogP contribution in [0.2, 0.25) is 0 Å². The van der Waals surface area contributed by atoms with Gasteiger partial charge in [-0.2, -0.15) is 0 Å². The number of halogens is 2. The minimum absolute atomic E-state index is 0.0115. The zero-order chi connectivity index (χ0) is 12.3. The molecule has 1 aromatic heterocycles. The van der Waals surface area contributed by atoms with Crippen molar-refractivity contribution >= 4 is 0 Å². The van der Waals surface area contributed by atoms with E-state index in [0.29, 0.717) is 17.7 Å². The van der Waals surface area contributed by atoms with Crippen LogP contribution in [0.3, 0.4) is 0 Å². The van der Waals surface area contributed by atoms with Gasteiger partial charge >= 0.3 is 0 Å². The SMILES string of the molecule is OCCc1cccnc1-c1ccc(F)c(F)c1. The molecule has 0 amide bonds. The van der Waals surface area contributed by atoms with E-state index in [1.165, 1.54) is 6.07 Å². The highest BCUT2D eigenvalue weighted by Gasteiger charge is 2.09. The van der Waals surface area contributed by atoms with Crippen molar-refractivity contribution in [1.82, 2.24) is 4.98 Å². The van der Waals surface area contributed by atoms with Gasteiger partial charge < -0.3 is 5.11 Å². The van der Waals surface area contributed by atoms with Gasteiger partial charge in [0.05, 0.1) is 5.69 Å². The highest BCUT2D eigenvalue weighted by Crippen LogP contribution is 2.23. The molecular weight excluding hydrogens is 224 g/mol. The van der Waals surface area contributed by atoms with Crippen LogP contribution in [0.15, 0.2) is 36.5 Å². The molecule has 17 heavy (non-hydrogen) atoms. The molecule has 0 aliphatic rings. The number of aliphatic hydroxyl groups excluding tert-OH is 1. The van der Waals surface area contributed by atoms with Crippen LogP contribution in [0.4, 0.5) is 8.78 Å². The van der Waals surface area contributed by atoms with Gasteiger partial charge in [-0.25, -0.2) is 8.78 Å². The van der Waals surface area contributed by atoms with Crippen LogP contribution in [-0.4, -0.2) is 16.7 Å². The molecule has 0 saturated carbocycles. The lowest BCUT2D eigenvalue weighted by molar-refractivity contribution is 0.299. The monoisotopic (exact) mass is 235 g/mol. The number of aromatic nitrogens is 1. The molecule has 1 heterocycles. The number of aliphatic hydroxyl groups is 1. The van der Waals surface area contributed by atoms with Gasteiger partial charge in [0, 0.05) is 18.4 Å². The molecule has 88 valence electrons. The first-order valence-electron chi connectivity index (χ1n) is 5.22. The Morgan fingerprint density at radius 1 is 1.12 bits per heavy atom. The van der Waals surface area contributed by atoms with Crippen molar-refractivity contribution in [2.24, 2.45) is 0 Å². The summed E-state index contributed by atoms with van der Waals surface area (Å²) < 4.78 is 26.0. The third-order valence-corrected chi connectivity index (χ3v) is 2.47. The molecule has 0 bridgehead atoms. The van der Waals surface area contributed by atoms with Crippen molar-refractivity contribution in [3.05, 3.63) is 53.7 Å². The molecule has 0 aliphatic heterocycles. The van der Waals surface area contributed by atoms with Gasteiger partial charge in [0.1, 0.15) is 0 Å². The van der Waals surface area contributed by atoms with Gasteiger partial charge in [-0.3, -0.25) is 4.98 Å². The van der Waals surface area contributed by atoms with Crippen LogP contribution in [0.5, 0.6) is 0 Å². The molecule has 0 fully saturated rings. The molecule has 0 saturated heterocycles. The summed E-state index contributed by atoms with van der Waals surface area (Å²) in [5.41, 5.74) is 1.88. The first kappa shape index (κ1) is 11.7. The van der Waals surface area contributed by atoms with E-state index in [9.17, 15) is 8.78 Å². The Morgan fingerprint density at radius 2 is 1.94 bits per heavy atom. The van der Waals surface area contributed by atoms with E-state index in [0.717, 1.165) is 17.7 Å². The van der Waals surface area contributed by atoms with E-state index in [1.54, 1.807) is 18.3 Å². The molecule has 1 aromatic carbocycles. The minimum atomic E-state index is -0.900. The highest BCUT2D eigenvalue weighted by molar-refractivity contribution is 5.63. The van der Waals surface area contributed by atoms with E-state index in [4.69, 9.17) is 5.11 Å². The molecule has 0 atom stereocenters. The predicted octanol–water partition coefficient (Wildman–Crippen LogP) is 2.56. The summed E-state index contributed by atoms with van der Waals surface area (Å²) in [6, 6.07) is 7.20. The van der Waals surface area contributed by atoms with Crippen molar-refractivity contribution < 1.29 is 13.9 Å². The standard InChI is InChI=1S/C13H11F2NO/c14-11-4-3-10(8-12(11)15)13-9(5-7-17)2-1-6-16-13/h1-4,6,8,17H,5,7H2. The lowest BCUT2D eigenvalue weighted by atomic mass is 10.0. The van der Waals surface area contributed by atoms with Crippen LogP contribution in [0.25, 0.3) is 11.3 Å². The Kier molecular flexibility index (Phi) is 3.44. The van der Waals surface area contributed by atoms with Crippen LogP contribution in [0.1, 0.15) is 5.56 Å². The number of pyridine rings is 1. The minimum Gasteiger partial charge on any atom is -0.396 e. The van der Waals surface area contributed by atoms with E-state index in [2.05, 4.69) is 4.98 Å². The lowest BCUT2D eigenvalue weighted by Crippen LogP contribution is -1.97. The fraction of sp³-hybridized carbons (Fsp3) is 0.154. The Balaban J connectivity index is 2.48. The van der Waals surface area contributed by atoms with Gasteiger partial charge in [0.2, 0.25) is 0 Å². The fourth-order valence-corrected chi connectivity index (χ4v) is 1.66. The zero-order valence-electron chi connectivity index (χ0n) is 9.03. The number of hydrogen-bond donors (Lipinski definition) is 1. The zero-order valence-corrected chi connectivity index (χ0v) is 9.03. The Morgan fingerprint density at radius 3 is 2.65 bits per heavy atom. The maximum Gasteiger partial charge on any atom is 0.159 e. The molecule has 0 spiro atoms. The maximum atomic E-state index is 13.1. The summed E-state index contributed by atoms with van der Waals surface area (Å²) in [4.78, 5) is 4.14.